The van der Waals surface area contributed by atoms with Crippen molar-refractivity contribution in [2.75, 3.05) is 33.4 Å². The fourth-order valence-electron chi connectivity index (χ4n) is 3.04. The summed E-state index contributed by atoms with van der Waals surface area (Å²) in [7, 11) is 1.66. The molecule has 2 atom stereocenters. The Labute approximate surface area is 130 Å². The van der Waals surface area contributed by atoms with Crippen molar-refractivity contribution in [2.24, 2.45) is 0 Å². The Morgan fingerprint density at radius 3 is 2.55 bits per heavy atom. The summed E-state index contributed by atoms with van der Waals surface area (Å²) < 4.78 is 19.0. The molecule has 0 bridgehead atoms. The Bertz CT molecular complexity index is 506. The topological polar surface area (TPSA) is 53.0 Å². The Morgan fingerprint density at radius 1 is 1.36 bits per heavy atom. The predicted molar refractivity (Wildman–Crippen MR) is 81.5 cm³/mol. The zero-order valence-electron chi connectivity index (χ0n) is 13.3. The van der Waals surface area contributed by atoms with Gasteiger partial charge in [0.25, 0.3) is 5.91 Å². The van der Waals surface area contributed by atoms with Crippen LogP contribution in [0.5, 0.6) is 5.75 Å². The van der Waals surface area contributed by atoms with Crippen LogP contribution >= 0.6 is 0 Å². The van der Waals surface area contributed by atoms with E-state index in [0.717, 1.165) is 6.54 Å². The van der Waals surface area contributed by atoms with Gasteiger partial charge in [0.15, 0.2) is 0 Å². The highest BCUT2D eigenvalue weighted by molar-refractivity contribution is 5.97. The van der Waals surface area contributed by atoms with Crippen molar-refractivity contribution in [3.63, 3.8) is 0 Å². The molecular formula is C16H23FN2O3. The number of amides is 1. The first-order chi connectivity index (χ1) is 10.5. The number of hydrogen-bond acceptors (Lipinski definition) is 4. The minimum atomic E-state index is -0.688. The van der Waals surface area contributed by atoms with E-state index in [1.165, 1.54) is 18.2 Å². The number of ether oxygens (including phenoxy) is 1. The van der Waals surface area contributed by atoms with Gasteiger partial charge in [-0.05, 0) is 26.0 Å². The van der Waals surface area contributed by atoms with Gasteiger partial charge in [0.1, 0.15) is 17.1 Å². The van der Waals surface area contributed by atoms with Crippen LogP contribution in [-0.2, 0) is 4.74 Å². The van der Waals surface area contributed by atoms with Gasteiger partial charge in [0.05, 0.1) is 6.61 Å². The van der Waals surface area contributed by atoms with Gasteiger partial charge < -0.3 is 14.7 Å². The molecule has 1 aromatic carbocycles. The van der Waals surface area contributed by atoms with E-state index in [1.54, 1.807) is 12.0 Å². The highest BCUT2D eigenvalue weighted by Gasteiger charge is 2.33. The van der Waals surface area contributed by atoms with Gasteiger partial charge in [-0.2, -0.15) is 0 Å². The van der Waals surface area contributed by atoms with Crippen LogP contribution < -0.4 is 0 Å². The molecule has 0 aliphatic carbocycles. The highest BCUT2D eigenvalue weighted by Crippen LogP contribution is 2.24. The molecule has 0 saturated carbocycles. The molecule has 22 heavy (non-hydrogen) atoms. The van der Waals surface area contributed by atoms with Gasteiger partial charge in [-0.3, -0.25) is 9.69 Å². The van der Waals surface area contributed by atoms with Crippen LogP contribution in [0.1, 0.15) is 24.2 Å². The molecule has 5 nitrogen and oxygen atoms in total. The summed E-state index contributed by atoms with van der Waals surface area (Å²) in [6.07, 6.45) is 0. The molecule has 122 valence electrons. The summed E-state index contributed by atoms with van der Waals surface area (Å²) in [4.78, 5) is 16.4. The molecule has 1 saturated heterocycles. The lowest BCUT2D eigenvalue weighted by molar-refractivity contribution is 0.0189. The molecule has 1 N–H and O–H groups in total. The van der Waals surface area contributed by atoms with E-state index in [2.05, 4.69) is 4.90 Å². The van der Waals surface area contributed by atoms with Crippen LogP contribution in [0, 0.1) is 5.82 Å². The zero-order chi connectivity index (χ0) is 16.3. The maximum atomic E-state index is 13.9. The number of piperazine rings is 1. The number of methoxy groups -OCH3 is 1. The number of hydrogen-bond donors (Lipinski definition) is 1. The second-order valence-corrected chi connectivity index (χ2v) is 5.77. The van der Waals surface area contributed by atoms with Crippen LogP contribution in [0.3, 0.4) is 0 Å². The van der Waals surface area contributed by atoms with Gasteiger partial charge in [0, 0.05) is 38.8 Å². The third kappa shape index (κ3) is 3.39. The quantitative estimate of drug-likeness (QED) is 0.920. The van der Waals surface area contributed by atoms with Crippen molar-refractivity contribution in [3.8, 4) is 5.75 Å². The Morgan fingerprint density at radius 2 is 2.00 bits per heavy atom. The highest BCUT2D eigenvalue weighted by atomic mass is 19.1. The van der Waals surface area contributed by atoms with Crippen LogP contribution in [0.4, 0.5) is 4.39 Å². The van der Waals surface area contributed by atoms with Crippen molar-refractivity contribution in [3.05, 3.63) is 29.6 Å². The van der Waals surface area contributed by atoms with Gasteiger partial charge in [-0.25, -0.2) is 4.39 Å². The first-order valence-corrected chi connectivity index (χ1v) is 7.47. The molecule has 1 amide bonds. The maximum absolute atomic E-state index is 13.9. The van der Waals surface area contributed by atoms with Crippen LogP contribution in [-0.4, -0.2) is 66.2 Å². The largest absolute Gasteiger partial charge is 0.507 e. The first-order valence-electron chi connectivity index (χ1n) is 7.47. The summed E-state index contributed by atoms with van der Waals surface area (Å²) in [6, 6.07) is 4.20. The van der Waals surface area contributed by atoms with E-state index in [4.69, 9.17) is 4.74 Å². The standard InChI is InChI=1S/C16H23FN2O3/c1-11-9-18(10-12(2)19(11)7-8-22-3)16(21)15-13(17)5-4-6-14(15)20/h4-6,11-12,20H,7-10H2,1-3H3/t11-,12-/m0/s1. The van der Waals surface area contributed by atoms with Crippen LogP contribution in [0.25, 0.3) is 0 Å². The third-order valence-electron chi connectivity index (χ3n) is 4.15. The number of aromatic hydroxyl groups is 1. The molecule has 1 aliphatic heterocycles. The number of carbonyl (C=O) groups excluding carboxylic acids is 1. The van der Waals surface area contributed by atoms with E-state index >= 15 is 0 Å². The molecular weight excluding hydrogens is 287 g/mol. The van der Waals surface area contributed by atoms with Gasteiger partial charge in [-0.1, -0.05) is 6.07 Å². The monoisotopic (exact) mass is 310 g/mol. The first kappa shape index (κ1) is 16.7. The summed E-state index contributed by atoms with van der Waals surface area (Å²) in [5.41, 5.74) is -0.243. The smallest absolute Gasteiger partial charge is 0.260 e. The molecule has 1 aromatic rings. The summed E-state index contributed by atoms with van der Waals surface area (Å²) in [5.74, 6) is -1.46. The van der Waals surface area contributed by atoms with Crippen molar-refractivity contribution in [1.82, 2.24) is 9.80 Å². The maximum Gasteiger partial charge on any atom is 0.260 e. The summed E-state index contributed by atoms with van der Waals surface area (Å²) in [5, 5.41) is 9.78. The molecule has 1 fully saturated rings. The average Bonchev–Trinajstić information content (AvgIpc) is 2.46. The van der Waals surface area contributed by atoms with Crippen molar-refractivity contribution in [1.29, 1.82) is 0 Å². The molecule has 6 heteroatoms. The van der Waals surface area contributed by atoms with Crippen molar-refractivity contribution < 1.29 is 19.0 Å². The predicted octanol–water partition coefficient (Wildman–Crippen LogP) is 1.71. The van der Waals surface area contributed by atoms with Crippen molar-refractivity contribution >= 4 is 5.91 Å². The molecule has 0 aromatic heterocycles. The Hall–Kier alpha value is -1.66. The molecule has 0 spiro atoms. The minimum absolute atomic E-state index is 0.150. The lowest BCUT2D eigenvalue weighted by Crippen LogP contribution is -2.58. The average molecular weight is 310 g/mol. The number of halogens is 1. The van der Waals surface area contributed by atoms with E-state index in [0.29, 0.717) is 19.7 Å². The van der Waals surface area contributed by atoms with Crippen molar-refractivity contribution in [2.45, 2.75) is 25.9 Å². The fraction of sp³-hybridized carbons (Fsp3) is 0.562. The van der Waals surface area contributed by atoms with E-state index < -0.39 is 11.7 Å². The van der Waals surface area contributed by atoms with Gasteiger partial charge in [-0.15, -0.1) is 0 Å². The molecule has 0 unspecified atom stereocenters. The zero-order valence-corrected chi connectivity index (χ0v) is 13.3. The number of phenolic OH excluding ortho intramolecular Hbond substituents is 1. The lowest BCUT2D eigenvalue weighted by atomic mass is 10.1. The Balaban J connectivity index is 2.13. The Kier molecular flexibility index (Phi) is 5.37. The van der Waals surface area contributed by atoms with Crippen LogP contribution in [0.15, 0.2) is 18.2 Å². The van der Waals surface area contributed by atoms with Crippen LogP contribution in [0.2, 0.25) is 0 Å². The molecule has 1 aliphatic rings. The normalized spacial score (nSPS) is 22.8. The fourth-order valence-corrected chi connectivity index (χ4v) is 3.04. The molecule has 0 radical (unpaired) electrons. The van der Waals surface area contributed by atoms with E-state index in [9.17, 15) is 14.3 Å². The lowest BCUT2D eigenvalue weighted by Gasteiger charge is -2.44. The summed E-state index contributed by atoms with van der Waals surface area (Å²) >= 11 is 0. The molecule has 1 heterocycles. The number of carbonyl (C=O) groups is 1. The van der Waals surface area contributed by atoms with E-state index in [1.807, 2.05) is 13.8 Å². The molecule has 2 rings (SSSR count). The third-order valence-corrected chi connectivity index (χ3v) is 4.15. The number of rotatable bonds is 4. The van der Waals surface area contributed by atoms with E-state index in [-0.39, 0.29) is 23.4 Å². The second-order valence-electron chi connectivity index (χ2n) is 5.77. The minimum Gasteiger partial charge on any atom is -0.507 e. The number of benzene rings is 1. The van der Waals surface area contributed by atoms with Gasteiger partial charge >= 0.3 is 0 Å². The van der Waals surface area contributed by atoms with Gasteiger partial charge in [0.2, 0.25) is 0 Å². The summed E-state index contributed by atoms with van der Waals surface area (Å²) in [6.45, 7) is 6.50. The SMILES string of the molecule is COCCN1[C@@H](C)CN(C(=O)c2c(O)cccc2F)C[C@@H]1C. The second kappa shape index (κ2) is 7.07. The number of phenols is 1. The number of nitrogens with zero attached hydrogens (tertiary/aromatic N) is 2.